The van der Waals surface area contributed by atoms with Crippen molar-refractivity contribution in [2.75, 3.05) is 13.2 Å². The van der Waals surface area contributed by atoms with Crippen molar-refractivity contribution in [3.05, 3.63) is 71.8 Å². The van der Waals surface area contributed by atoms with Gasteiger partial charge < -0.3 is 9.47 Å². The minimum Gasteiger partial charge on any atom is -0.493 e. The Bertz CT molecular complexity index is 1050. The van der Waals surface area contributed by atoms with Gasteiger partial charge >= 0.3 is 0 Å². The Balaban J connectivity index is 1.66. The predicted octanol–water partition coefficient (Wildman–Crippen LogP) is 4.03. The highest BCUT2D eigenvalue weighted by molar-refractivity contribution is 6.02. The summed E-state index contributed by atoms with van der Waals surface area (Å²) in [7, 11) is 0. The van der Waals surface area contributed by atoms with Gasteiger partial charge in [0.15, 0.2) is 6.61 Å². The van der Waals surface area contributed by atoms with Gasteiger partial charge in [-0.2, -0.15) is 10.4 Å². The Hall–Kier alpha value is -3.85. The van der Waals surface area contributed by atoms with Crippen molar-refractivity contribution in [2.45, 2.75) is 13.3 Å². The van der Waals surface area contributed by atoms with Crippen LogP contribution in [-0.2, 0) is 4.79 Å². The first-order valence-corrected chi connectivity index (χ1v) is 9.30. The summed E-state index contributed by atoms with van der Waals surface area (Å²) >= 11 is 0. The number of amides is 1. The van der Waals surface area contributed by atoms with Crippen molar-refractivity contribution in [1.29, 1.82) is 5.26 Å². The van der Waals surface area contributed by atoms with E-state index in [0.29, 0.717) is 17.9 Å². The molecule has 0 bridgehead atoms. The number of hydrogen-bond donors (Lipinski definition) is 1. The van der Waals surface area contributed by atoms with Crippen LogP contribution in [0.4, 0.5) is 0 Å². The number of fused-ring (bicyclic) bond motifs is 1. The van der Waals surface area contributed by atoms with E-state index >= 15 is 0 Å². The van der Waals surface area contributed by atoms with Crippen LogP contribution < -0.4 is 14.9 Å². The van der Waals surface area contributed by atoms with E-state index in [9.17, 15) is 4.79 Å². The van der Waals surface area contributed by atoms with Gasteiger partial charge in [0.1, 0.15) is 11.5 Å². The molecule has 6 nitrogen and oxygen atoms in total. The van der Waals surface area contributed by atoms with E-state index < -0.39 is 0 Å². The average molecular weight is 387 g/mol. The zero-order valence-corrected chi connectivity index (χ0v) is 16.1. The summed E-state index contributed by atoms with van der Waals surface area (Å²) in [6, 6.07) is 20.4. The molecular formula is C23H21N3O3. The molecule has 3 aromatic rings. The standard InChI is InChI=1S/C23H21N3O3/c1-2-13-28-22-12-9-18-5-3-4-6-20(18)21(22)15-25-26-23(27)16-29-19-10-7-17(14-24)8-11-19/h3-12,15H,2,13,16H2,1H3,(H,26,27)/b25-15-. The van der Waals surface area contributed by atoms with Crippen LogP contribution in [0.15, 0.2) is 65.8 Å². The molecule has 0 saturated heterocycles. The molecule has 0 aliphatic heterocycles. The van der Waals surface area contributed by atoms with E-state index in [0.717, 1.165) is 28.5 Å². The number of carbonyl (C=O) groups excluding carboxylic acids is 1. The van der Waals surface area contributed by atoms with Crippen LogP contribution >= 0.6 is 0 Å². The lowest BCUT2D eigenvalue weighted by atomic mass is 10.0. The Labute approximate surface area is 169 Å². The predicted molar refractivity (Wildman–Crippen MR) is 112 cm³/mol. The molecule has 0 aromatic heterocycles. The molecule has 0 aliphatic rings. The third-order valence-electron chi connectivity index (χ3n) is 4.13. The molecule has 6 heteroatoms. The minimum atomic E-state index is -0.387. The van der Waals surface area contributed by atoms with Gasteiger partial charge in [-0.3, -0.25) is 4.79 Å². The number of hydrogen-bond acceptors (Lipinski definition) is 5. The van der Waals surface area contributed by atoms with Crippen molar-refractivity contribution in [3.63, 3.8) is 0 Å². The number of rotatable bonds is 8. The fraction of sp³-hybridized carbons (Fsp3) is 0.174. The molecule has 0 aliphatic carbocycles. The fourth-order valence-corrected chi connectivity index (χ4v) is 2.72. The number of nitrogens with one attached hydrogen (secondary N) is 1. The second kappa shape index (κ2) is 9.90. The average Bonchev–Trinajstić information content (AvgIpc) is 2.77. The highest BCUT2D eigenvalue weighted by Crippen LogP contribution is 2.26. The van der Waals surface area contributed by atoms with Gasteiger partial charge in [-0.1, -0.05) is 37.3 Å². The number of nitrogens with zero attached hydrogens (tertiary/aromatic N) is 2. The molecule has 0 unspecified atom stereocenters. The lowest BCUT2D eigenvalue weighted by Gasteiger charge is -2.11. The van der Waals surface area contributed by atoms with E-state index in [4.69, 9.17) is 14.7 Å². The van der Waals surface area contributed by atoms with Crippen LogP contribution in [-0.4, -0.2) is 25.3 Å². The van der Waals surface area contributed by atoms with Gasteiger partial charge in [-0.25, -0.2) is 5.43 Å². The highest BCUT2D eigenvalue weighted by atomic mass is 16.5. The first-order chi connectivity index (χ1) is 14.2. The lowest BCUT2D eigenvalue weighted by Crippen LogP contribution is -2.24. The summed E-state index contributed by atoms with van der Waals surface area (Å²) in [5.74, 6) is 0.840. The molecule has 0 radical (unpaired) electrons. The molecule has 29 heavy (non-hydrogen) atoms. The van der Waals surface area contributed by atoms with E-state index in [2.05, 4.69) is 10.5 Å². The van der Waals surface area contributed by atoms with Crippen molar-refractivity contribution in [2.24, 2.45) is 5.10 Å². The third-order valence-corrected chi connectivity index (χ3v) is 4.13. The smallest absolute Gasteiger partial charge is 0.277 e. The molecule has 0 spiro atoms. The molecule has 0 heterocycles. The maximum absolute atomic E-state index is 12.0. The Morgan fingerprint density at radius 3 is 2.66 bits per heavy atom. The molecule has 1 N–H and O–H groups in total. The molecule has 146 valence electrons. The Kier molecular flexibility index (Phi) is 6.80. The van der Waals surface area contributed by atoms with Crippen LogP contribution in [0.1, 0.15) is 24.5 Å². The molecule has 0 atom stereocenters. The third kappa shape index (κ3) is 5.33. The molecule has 0 fully saturated rings. The number of nitriles is 1. The maximum Gasteiger partial charge on any atom is 0.277 e. The molecule has 3 aromatic carbocycles. The molecule has 0 saturated carbocycles. The Morgan fingerprint density at radius 1 is 1.10 bits per heavy atom. The van der Waals surface area contributed by atoms with Gasteiger partial charge in [0.2, 0.25) is 0 Å². The van der Waals surface area contributed by atoms with Gasteiger partial charge in [-0.15, -0.1) is 0 Å². The van der Waals surface area contributed by atoms with E-state index in [1.54, 1.807) is 30.5 Å². The van der Waals surface area contributed by atoms with Gasteiger partial charge in [0.05, 0.1) is 24.5 Å². The summed E-state index contributed by atoms with van der Waals surface area (Å²) in [6.07, 6.45) is 2.49. The number of ether oxygens (including phenoxy) is 2. The normalized spacial score (nSPS) is 10.6. The molecule has 1 amide bonds. The van der Waals surface area contributed by atoms with Crippen molar-refractivity contribution >= 4 is 22.9 Å². The SMILES string of the molecule is CCCOc1ccc2ccccc2c1/C=N\NC(=O)COc1ccc(C#N)cc1. The fourth-order valence-electron chi connectivity index (χ4n) is 2.72. The van der Waals surface area contributed by atoms with Crippen LogP contribution in [0.5, 0.6) is 11.5 Å². The summed E-state index contributed by atoms with van der Waals surface area (Å²) < 4.78 is 11.2. The summed E-state index contributed by atoms with van der Waals surface area (Å²) in [4.78, 5) is 12.0. The highest BCUT2D eigenvalue weighted by Gasteiger charge is 2.07. The van der Waals surface area contributed by atoms with Crippen molar-refractivity contribution in [3.8, 4) is 17.6 Å². The maximum atomic E-state index is 12.0. The minimum absolute atomic E-state index is 0.183. The van der Waals surface area contributed by atoms with E-state index in [-0.39, 0.29) is 12.5 Å². The van der Waals surface area contributed by atoms with Crippen LogP contribution in [0.3, 0.4) is 0 Å². The zero-order chi connectivity index (χ0) is 20.5. The monoisotopic (exact) mass is 387 g/mol. The Morgan fingerprint density at radius 2 is 1.90 bits per heavy atom. The summed E-state index contributed by atoms with van der Waals surface area (Å²) in [6.45, 7) is 2.46. The summed E-state index contributed by atoms with van der Waals surface area (Å²) in [5.41, 5.74) is 3.81. The van der Waals surface area contributed by atoms with E-state index in [1.165, 1.54) is 0 Å². The quantitative estimate of drug-likeness (QED) is 0.467. The van der Waals surface area contributed by atoms with Crippen LogP contribution in [0.2, 0.25) is 0 Å². The van der Waals surface area contributed by atoms with E-state index in [1.807, 2.05) is 49.4 Å². The van der Waals surface area contributed by atoms with Crippen LogP contribution in [0, 0.1) is 11.3 Å². The van der Waals surface area contributed by atoms with Gasteiger partial charge in [0, 0.05) is 5.56 Å². The molecule has 3 rings (SSSR count). The number of benzene rings is 3. The van der Waals surface area contributed by atoms with Crippen molar-refractivity contribution in [1.82, 2.24) is 5.43 Å². The van der Waals surface area contributed by atoms with Crippen LogP contribution in [0.25, 0.3) is 10.8 Å². The second-order valence-corrected chi connectivity index (χ2v) is 6.27. The summed E-state index contributed by atoms with van der Waals surface area (Å²) in [5, 5.41) is 14.9. The van der Waals surface area contributed by atoms with Gasteiger partial charge in [-0.05, 0) is 47.5 Å². The lowest BCUT2D eigenvalue weighted by molar-refractivity contribution is -0.123. The number of carbonyl (C=O) groups is 1. The topological polar surface area (TPSA) is 83.7 Å². The first kappa shape index (κ1) is 19.9. The molecular weight excluding hydrogens is 366 g/mol. The van der Waals surface area contributed by atoms with Gasteiger partial charge in [0.25, 0.3) is 5.91 Å². The largest absolute Gasteiger partial charge is 0.493 e. The first-order valence-electron chi connectivity index (χ1n) is 9.30. The van der Waals surface area contributed by atoms with Crippen molar-refractivity contribution < 1.29 is 14.3 Å². The second-order valence-electron chi connectivity index (χ2n) is 6.27. The number of hydrazone groups is 1. The zero-order valence-electron chi connectivity index (χ0n) is 16.1.